The van der Waals surface area contributed by atoms with Gasteiger partial charge in [-0.05, 0) is 19.4 Å². The van der Waals surface area contributed by atoms with Crippen molar-refractivity contribution < 1.29 is 4.74 Å². The van der Waals surface area contributed by atoms with E-state index in [0.29, 0.717) is 6.61 Å². The van der Waals surface area contributed by atoms with E-state index < -0.39 is 0 Å². The highest BCUT2D eigenvalue weighted by Gasteiger charge is 2.16. The number of hydrogen-bond acceptors (Lipinski definition) is 4. The van der Waals surface area contributed by atoms with Gasteiger partial charge in [0, 0.05) is 24.7 Å². The predicted octanol–water partition coefficient (Wildman–Crippen LogP) is 3.09. The minimum Gasteiger partial charge on any atom is -0.383 e. The van der Waals surface area contributed by atoms with Crippen LogP contribution >= 0.6 is 11.3 Å². The lowest BCUT2D eigenvalue weighted by Gasteiger charge is -2.17. The maximum Gasteiger partial charge on any atom is 0.114 e. The summed E-state index contributed by atoms with van der Waals surface area (Å²) in [7, 11) is 1.72. The normalized spacial score (nSPS) is 12.6. The van der Waals surface area contributed by atoms with E-state index in [-0.39, 0.29) is 6.04 Å². The Kier molecular flexibility index (Phi) is 5.07. The van der Waals surface area contributed by atoms with Gasteiger partial charge in [0.15, 0.2) is 0 Å². The molecule has 0 aliphatic rings. The summed E-state index contributed by atoms with van der Waals surface area (Å²) in [6.07, 6.45) is 0. The fourth-order valence-corrected chi connectivity index (χ4v) is 2.81. The molecule has 0 radical (unpaired) electrons. The van der Waals surface area contributed by atoms with Gasteiger partial charge in [0.05, 0.1) is 12.6 Å². The highest BCUT2D eigenvalue weighted by molar-refractivity contribution is 7.09. The van der Waals surface area contributed by atoms with Gasteiger partial charge in [0.2, 0.25) is 0 Å². The summed E-state index contributed by atoms with van der Waals surface area (Å²) in [5.41, 5.74) is 3.59. The van der Waals surface area contributed by atoms with Crippen LogP contribution in [0.15, 0.2) is 29.6 Å². The van der Waals surface area contributed by atoms with Crippen LogP contribution in [0, 0.1) is 13.8 Å². The van der Waals surface area contributed by atoms with E-state index in [9.17, 15) is 0 Å². The van der Waals surface area contributed by atoms with Gasteiger partial charge in [-0.2, -0.15) is 0 Å². The van der Waals surface area contributed by atoms with Crippen LogP contribution < -0.4 is 5.32 Å². The zero-order chi connectivity index (χ0) is 13.7. The first-order chi connectivity index (χ1) is 9.20. The summed E-state index contributed by atoms with van der Waals surface area (Å²) >= 11 is 1.70. The Hall–Kier alpha value is -1.23. The summed E-state index contributed by atoms with van der Waals surface area (Å²) in [5.74, 6) is 0. The third kappa shape index (κ3) is 3.86. The zero-order valence-corrected chi connectivity index (χ0v) is 12.5. The lowest BCUT2D eigenvalue weighted by atomic mass is 10.1. The van der Waals surface area contributed by atoms with E-state index in [1.165, 1.54) is 11.1 Å². The number of benzene rings is 1. The average molecular weight is 276 g/mol. The molecule has 4 heteroatoms. The van der Waals surface area contributed by atoms with Crippen LogP contribution in [0.5, 0.6) is 0 Å². The molecule has 3 nitrogen and oxygen atoms in total. The standard InChI is InChI=1S/C15H20N2OS/c1-11-4-6-13(7-5-11)14(16-8-9-18-3)15-17-12(2)10-19-15/h4-7,10,14,16H,8-9H2,1-3H3. The number of nitrogens with zero attached hydrogens (tertiary/aromatic N) is 1. The number of aromatic nitrogens is 1. The van der Waals surface area contributed by atoms with Crippen molar-refractivity contribution in [2.45, 2.75) is 19.9 Å². The van der Waals surface area contributed by atoms with E-state index >= 15 is 0 Å². The molecule has 0 fully saturated rings. The van der Waals surface area contributed by atoms with Crippen molar-refractivity contribution in [2.75, 3.05) is 20.3 Å². The van der Waals surface area contributed by atoms with Crippen molar-refractivity contribution in [1.82, 2.24) is 10.3 Å². The Morgan fingerprint density at radius 1 is 1.26 bits per heavy atom. The molecule has 0 bridgehead atoms. The molecule has 1 aromatic heterocycles. The highest BCUT2D eigenvalue weighted by atomic mass is 32.1. The van der Waals surface area contributed by atoms with Crippen molar-refractivity contribution in [3.8, 4) is 0 Å². The van der Waals surface area contributed by atoms with E-state index in [1.807, 2.05) is 6.92 Å². The smallest absolute Gasteiger partial charge is 0.114 e. The molecule has 0 saturated carbocycles. The summed E-state index contributed by atoms with van der Waals surface area (Å²) in [6.45, 7) is 5.65. The van der Waals surface area contributed by atoms with Gasteiger partial charge in [-0.15, -0.1) is 11.3 Å². The van der Waals surface area contributed by atoms with Gasteiger partial charge < -0.3 is 10.1 Å². The first-order valence-corrected chi connectivity index (χ1v) is 7.29. The molecule has 102 valence electrons. The number of methoxy groups -OCH3 is 1. The van der Waals surface area contributed by atoms with E-state index in [2.05, 4.69) is 46.9 Å². The molecule has 2 rings (SSSR count). The topological polar surface area (TPSA) is 34.1 Å². The minimum absolute atomic E-state index is 0.148. The van der Waals surface area contributed by atoms with Crippen molar-refractivity contribution in [3.05, 3.63) is 51.5 Å². The lowest BCUT2D eigenvalue weighted by Crippen LogP contribution is -2.26. The molecule has 0 aliphatic carbocycles. The van der Waals surface area contributed by atoms with E-state index in [4.69, 9.17) is 4.74 Å². The summed E-state index contributed by atoms with van der Waals surface area (Å²) in [6, 6.07) is 8.75. The third-order valence-corrected chi connectivity index (χ3v) is 3.98. The number of hydrogen-bond donors (Lipinski definition) is 1. The van der Waals surface area contributed by atoms with Crippen LogP contribution in [-0.2, 0) is 4.74 Å². The molecule has 2 aromatic rings. The third-order valence-electron chi connectivity index (χ3n) is 2.95. The highest BCUT2D eigenvalue weighted by Crippen LogP contribution is 2.25. The fraction of sp³-hybridized carbons (Fsp3) is 0.400. The van der Waals surface area contributed by atoms with Crippen LogP contribution in [0.4, 0.5) is 0 Å². The average Bonchev–Trinajstić information content (AvgIpc) is 2.83. The Labute approximate surface area is 118 Å². The van der Waals surface area contributed by atoms with Gasteiger partial charge in [-0.1, -0.05) is 29.8 Å². The molecule has 1 unspecified atom stereocenters. The predicted molar refractivity (Wildman–Crippen MR) is 79.8 cm³/mol. The van der Waals surface area contributed by atoms with Crippen LogP contribution in [0.25, 0.3) is 0 Å². The van der Waals surface area contributed by atoms with Crippen LogP contribution in [0.1, 0.15) is 27.9 Å². The molecular weight excluding hydrogens is 256 g/mol. The Morgan fingerprint density at radius 2 is 2.00 bits per heavy atom. The van der Waals surface area contributed by atoms with Crippen LogP contribution in [0.2, 0.25) is 0 Å². The summed E-state index contributed by atoms with van der Waals surface area (Å²) in [4.78, 5) is 4.60. The number of nitrogens with one attached hydrogen (secondary N) is 1. The van der Waals surface area contributed by atoms with Crippen molar-refractivity contribution in [2.24, 2.45) is 0 Å². The number of ether oxygens (including phenoxy) is 1. The van der Waals surface area contributed by atoms with Gasteiger partial charge in [-0.25, -0.2) is 4.98 Å². The first kappa shape index (κ1) is 14.2. The van der Waals surface area contributed by atoms with Crippen LogP contribution in [-0.4, -0.2) is 25.2 Å². The van der Waals surface area contributed by atoms with Crippen molar-refractivity contribution >= 4 is 11.3 Å². The molecule has 0 spiro atoms. The van der Waals surface area contributed by atoms with Crippen LogP contribution in [0.3, 0.4) is 0 Å². The lowest BCUT2D eigenvalue weighted by molar-refractivity contribution is 0.197. The molecule has 0 amide bonds. The molecule has 19 heavy (non-hydrogen) atoms. The first-order valence-electron chi connectivity index (χ1n) is 6.41. The quantitative estimate of drug-likeness (QED) is 0.823. The second kappa shape index (κ2) is 6.80. The maximum absolute atomic E-state index is 5.11. The Bertz CT molecular complexity index is 507. The molecule has 0 saturated heterocycles. The van der Waals surface area contributed by atoms with E-state index in [1.54, 1.807) is 18.4 Å². The summed E-state index contributed by atoms with van der Waals surface area (Å²) in [5, 5.41) is 6.71. The van der Waals surface area contributed by atoms with Gasteiger partial charge >= 0.3 is 0 Å². The molecule has 1 N–H and O–H groups in total. The number of thiazole rings is 1. The molecule has 0 aliphatic heterocycles. The Morgan fingerprint density at radius 3 is 2.58 bits per heavy atom. The van der Waals surface area contributed by atoms with Gasteiger partial charge in [0.1, 0.15) is 5.01 Å². The fourth-order valence-electron chi connectivity index (χ4n) is 1.92. The van der Waals surface area contributed by atoms with Crippen molar-refractivity contribution in [3.63, 3.8) is 0 Å². The minimum atomic E-state index is 0.148. The molecule has 1 aromatic carbocycles. The number of rotatable bonds is 6. The second-order valence-electron chi connectivity index (χ2n) is 4.62. The number of aryl methyl sites for hydroxylation is 2. The van der Waals surface area contributed by atoms with E-state index in [0.717, 1.165) is 17.2 Å². The van der Waals surface area contributed by atoms with Gasteiger partial charge in [-0.3, -0.25) is 0 Å². The monoisotopic (exact) mass is 276 g/mol. The maximum atomic E-state index is 5.11. The second-order valence-corrected chi connectivity index (χ2v) is 5.51. The molecule has 1 heterocycles. The van der Waals surface area contributed by atoms with Gasteiger partial charge in [0.25, 0.3) is 0 Å². The SMILES string of the molecule is COCCNC(c1ccc(C)cc1)c1nc(C)cs1. The molecule has 1 atom stereocenters. The zero-order valence-electron chi connectivity index (χ0n) is 11.6. The van der Waals surface area contributed by atoms with Crippen molar-refractivity contribution in [1.29, 1.82) is 0 Å². The Balaban J connectivity index is 2.20. The largest absolute Gasteiger partial charge is 0.383 e. The summed E-state index contributed by atoms with van der Waals surface area (Å²) < 4.78 is 5.11. The molecular formula is C15H20N2OS.